The Labute approximate surface area is 114 Å². The van der Waals surface area contributed by atoms with Crippen molar-refractivity contribution in [1.29, 1.82) is 0 Å². The van der Waals surface area contributed by atoms with E-state index in [1.807, 2.05) is 18.2 Å². The fourth-order valence-corrected chi connectivity index (χ4v) is 3.03. The Morgan fingerprint density at radius 2 is 2.11 bits per heavy atom. The van der Waals surface area contributed by atoms with E-state index in [4.69, 9.17) is 22.1 Å². The normalized spacial score (nSPS) is 23.9. The van der Waals surface area contributed by atoms with Gasteiger partial charge in [0.25, 0.3) is 0 Å². The predicted molar refractivity (Wildman–Crippen MR) is 76.0 cm³/mol. The lowest BCUT2D eigenvalue weighted by molar-refractivity contribution is 0.0895. The molecule has 0 saturated heterocycles. The van der Waals surface area contributed by atoms with Gasteiger partial charge in [0, 0.05) is 12.1 Å². The van der Waals surface area contributed by atoms with E-state index in [9.17, 15) is 0 Å². The summed E-state index contributed by atoms with van der Waals surface area (Å²) in [5, 5.41) is 0.679. The Morgan fingerprint density at radius 3 is 2.83 bits per heavy atom. The zero-order valence-electron chi connectivity index (χ0n) is 11.0. The Kier molecular flexibility index (Phi) is 4.90. The molecule has 1 aliphatic rings. The van der Waals surface area contributed by atoms with Gasteiger partial charge in [-0.2, -0.15) is 0 Å². The highest BCUT2D eigenvalue weighted by Gasteiger charge is 2.26. The number of halogens is 1. The lowest BCUT2D eigenvalue weighted by atomic mass is 9.84. The van der Waals surface area contributed by atoms with Crippen molar-refractivity contribution in [1.82, 2.24) is 0 Å². The number of para-hydroxylation sites is 1. The average molecular weight is 268 g/mol. The van der Waals surface area contributed by atoms with Crippen LogP contribution in [0.4, 0.5) is 0 Å². The summed E-state index contributed by atoms with van der Waals surface area (Å²) in [5.74, 6) is 1.45. The number of rotatable bonds is 4. The van der Waals surface area contributed by atoms with Gasteiger partial charge in [-0.1, -0.05) is 37.1 Å². The van der Waals surface area contributed by atoms with Gasteiger partial charge in [0.2, 0.25) is 0 Å². The molecule has 0 aromatic heterocycles. The highest BCUT2D eigenvalue weighted by atomic mass is 35.5. The highest BCUT2D eigenvalue weighted by Crippen LogP contribution is 2.35. The molecule has 0 heterocycles. The van der Waals surface area contributed by atoms with Crippen LogP contribution in [0.3, 0.4) is 0 Å². The van der Waals surface area contributed by atoms with E-state index in [1.165, 1.54) is 25.7 Å². The van der Waals surface area contributed by atoms with Crippen molar-refractivity contribution in [3.8, 4) is 5.75 Å². The van der Waals surface area contributed by atoms with E-state index in [2.05, 4.69) is 6.92 Å². The van der Waals surface area contributed by atoms with E-state index in [0.29, 0.717) is 23.6 Å². The summed E-state index contributed by atoms with van der Waals surface area (Å²) in [7, 11) is 0. The number of nitrogens with two attached hydrogens (primary N) is 1. The lowest BCUT2D eigenvalue weighted by Crippen LogP contribution is -2.30. The number of ether oxygens (including phenoxy) is 1. The van der Waals surface area contributed by atoms with Gasteiger partial charge in [-0.05, 0) is 37.7 Å². The van der Waals surface area contributed by atoms with Crippen molar-refractivity contribution >= 4 is 11.6 Å². The van der Waals surface area contributed by atoms with Crippen LogP contribution in [0.2, 0.25) is 5.02 Å². The first-order valence-corrected chi connectivity index (χ1v) is 7.28. The molecule has 2 nitrogen and oxygen atoms in total. The maximum Gasteiger partial charge on any atom is 0.142 e. The molecule has 0 spiro atoms. The minimum Gasteiger partial charge on any atom is -0.488 e. The molecule has 1 saturated carbocycles. The molecule has 100 valence electrons. The molecule has 1 aliphatic carbocycles. The molecule has 0 amide bonds. The molecule has 2 N–H and O–H groups in total. The van der Waals surface area contributed by atoms with Crippen LogP contribution in [0.25, 0.3) is 0 Å². The van der Waals surface area contributed by atoms with Gasteiger partial charge in [-0.3, -0.25) is 0 Å². The standard InChI is InChI=1S/C15H22ClNO/c1-2-11-6-3-4-9-14(11)18-15-12(10-17)7-5-8-13(15)16/h5,7-8,11,14H,2-4,6,9-10,17H2,1H3. The zero-order chi connectivity index (χ0) is 13.0. The third-order valence-electron chi connectivity index (χ3n) is 3.90. The van der Waals surface area contributed by atoms with Crippen LogP contribution < -0.4 is 10.5 Å². The van der Waals surface area contributed by atoms with E-state index in [0.717, 1.165) is 17.7 Å². The molecular weight excluding hydrogens is 246 g/mol. The smallest absolute Gasteiger partial charge is 0.142 e. The first kappa shape index (κ1) is 13.7. The molecule has 1 aromatic carbocycles. The summed E-state index contributed by atoms with van der Waals surface area (Å²) in [4.78, 5) is 0. The Morgan fingerprint density at radius 1 is 1.33 bits per heavy atom. The van der Waals surface area contributed by atoms with Crippen LogP contribution in [0.15, 0.2) is 18.2 Å². The third-order valence-corrected chi connectivity index (χ3v) is 4.20. The highest BCUT2D eigenvalue weighted by molar-refractivity contribution is 6.32. The number of hydrogen-bond donors (Lipinski definition) is 1. The first-order chi connectivity index (χ1) is 8.76. The predicted octanol–water partition coefficient (Wildman–Crippen LogP) is 4.15. The fraction of sp³-hybridized carbons (Fsp3) is 0.600. The zero-order valence-corrected chi connectivity index (χ0v) is 11.7. The van der Waals surface area contributed by atoms with E-state index in [-0.39, 0.29) is 0 Å². The summed E-state index contributed by atoms with van der Waals surface area (Å²) in [5.41, 5.74) is 6.76. The van der Waals surface area contributed by atoms with Crippen molar-refractivity contribution in [3.05, 3.63) is 28.8 Å². The summed E-state index contributed by atoms with van der Waals surface area (Å²) < 4.78 is 6.20. The third kappa shape index (κ3) is 2.99. The molecule has 0 bridgehead atoms. The van der Waals surface area contributed by atoms with Gasteiger partial charge in [-0.25, -0.2) is 0 Å². The molecule has 1 fully saturated rings. The Bertz CT molecular complexity index is 394. The van der Waals surface area contributed by atoms with E-state index in [1.54, 1.807) is 0 Å². The van der Waals surface area contributed by atoms with E-state index < -0.39 is 0 Å². The number of hydrogen-bond acceptors (Lipinski definition) is 2. The van der Waals surface area contributed by atoms with Crippen molar-refractivity contribution in [2.45, 2.75) is 51.7 Å². The second kappa shape index (κ2) is 6.44. The SMILES string of the molecule is CCC1CCCCC1Oc1c(Cl)cccc1CN. The molecule has 0 radical (unpaired) electrons. The molecule has 18 heavy (non-hydrogen) atoms. The van der Waals surface area contributed by atoms with Gasteiger partial charge in [0.1, 0.15) is 11.9 Å². The topological polar surface area (TPSA) is 35.2 Å². The summed E-state index contributed by atoms with van der Waals surface area (Å²) in [6, 6.07) is 5.79. The molecular formula is C15H22ClNO. The minimum absolute atomic E-state index is 0.300. The quantitative estimate of drug-likeness (QED) is 0.890. The largest absolute Gasteiger partial charge is 0.488 e. The molecule has 2 unspecified atom stereocenters. The van der Waals surface area contributed by atoms with Crippen LogP contribution in [0, 0.1) is 5.92 Å². The molecule has 3 heteroatoms. The molecule has 1 aromatic rings. The van der Waals surface area contributed by atoms with E-state index >= 15 is 0 Å². The van der Waals surface area contributed by atoms with Crippen LogP contribution in [-0.4, -0.2) is 6.10 Å². The molecule has 0 aliphatic heterocycles. The fourth-order valence-electron chi connectivity index (χ4n) is 2.79. The van der Waals surface area contributed by atoms with Crippen LogP contribution >= 0.6 is 11.6 Å². The summed E-state index contributed by atoms with van der Waals surface area (Å²) in [6.07, 6.45) is 6.45. The lowest BCUT2D eigenvalue weighted by Gasteiger charge is -2.32. The van der Waals surface area contributed by atoms with Gasteiger partial charge in [0.05, 0.1) is 5.02 Å². The first-order valence-electron chi connectivity index (χ1n) is 6.90. The van der Waals surface area contributed by atoms with Crippen molar-refractivity contribution in [3.63, 3.8) is 0 Å². The monoisotopic (exact) mass is 267 g/mol. The van der Waals surface area contributed by atoms with Crippen LogP contribution in [0.1, 0.15) is 44.6 Å². The van der Waals surface area contributed by atoms with Crippen LogP contribution in [-0.2, 0) is 6.54 Å². The van der Waals surface area contributed by atoms with Gasteiger partial charge >= 0.3 is 0 Å². The summed E-state index contributed by atoms with van der Waals surface area (Å²) >= 11 is 6.24. The van der Waals surface area contributed by atoms with Gasteiger partial charge in [0.15, 0.2) is 0 Å². The van der Waals surface area contributed by atoms with Crippen molar-refractivity contribution in [2.75, 3.05) is 0 Å². The van der Waals surface area contributed by atoms with Gasteiger partial charge in [-0.15, -0.1) is 0 Å². The maximum absolute atomic E-state index is 6.24. The molecule has 2 atom stereocenters. The second-order valence-corrected chi connectivity index (χ2v) is 5.45. The summed E-state index contributed by atoms with van der Waals surface area (Å²) in [6.45, 7) is 2.71. The average Bonchev–Trinajstić information content (AvgIpc) is 2.41. The second-order valence-electron chi connectivity index (χ2n) is 5.04. The number of benzene rings is 1. The van der Waals surface area contributed by atoms with Crippen molar-refractivity contribution in [2.24, 2.45) is 11.7 Å². The minimum atomic E-state index is 0.300. The maximum atomic E-state index is 6.24. The Hall–Kier alpha value is -0.730. The van der Waals surface area contributed by atoms with Gasteiger partial charge < -0.3 is 10.5 Å². The Balaban J connectivity index is 2.17. The van der Waals surface area contributed by atoms with Crippen molar-refractivity contribution < 1.29 is 4.74 Å². The molecule has 2 rings (SSSR count). The van der Waals surface area contributed by atoms with Crippen LogP contribution in [0.5, 0.6) is 5.75 Å².